The summed E-state index contributed by atoms with van der Waals surface area (Å²) in [5.74, 6) is 0.624. The summed E-state index contributed by atoms with van der Waals surface area (Å²) < 4.78 is 7.46. The maximum atomic E-state index is 12.4. The molecule has 3 aromatic rings. The number of likely N-dealkylation sites (N-methyl/N-ethyl adjacent to an activating group) is 1. The number of hydrogen-bond donors (Lipinski definition) is 0. The van der Waals surface area contributed by atoms with Crippen molar-refractivity contribution in [3.63, 3.8) is 0 Å². The van der Waals surface area contributed by atoms with Crippen molar-refractivity contribution in [1.82, 2.24) is 14.7 Å². The third-order valence-corrected chi connectivity index (χ3v) is 4.58. The number of carbonyl (C=O) groups is 1. The molecular formula is C23H27N3O2. The maximum absolute atomic E-state index is 12.4. The summed E-state index contributed by atoms with van der Waals surface area (Å²) in [6, 6.07) is 17.8. The number of benzene rings is 2. The van der Waals surface area contributed by atoms with Crippen LogP contribution in [0.1, 0.15) is 31.9 Å². The van der Waals surface area contributed by atoms with Crippen LogP contribution < -0.4 is 4.74 Å². The fourth-order valence-electron chi connectivity index (χ4n) is 2.83. The van der Waals surface area contributed by atoms with E-state index < -0.39 is 0 Å². The standard InChI is InChI=1S/C23H27N3O2/c1-23(2,3)19-10-12-21(13-11-19)28-17-22(27)25(4)15-18-14-24-26(16-18)20-8-6-5-7-9-20/h5-14,16H,15,17H2,1-4H3. The Kier molecular flexibility index (Phi) is 5.83. The molecule has 146 valence electrons. The van der Waals surface area contributed by atoms with Gasteiger partial charge in [0.2, 0.25) is 0 Å². The van der Waals surface area contributed by atoms with Gasteiger partial charge in [-0.1, -0.05) is 51.1 Å². The van der Waals surface area contributed by atoms with Gasteiger partial charge in [-0.05, 0) is 35.2 Å². The number of carbonyl (C=O) groups excluding carboxylic acids is 1. The van der Waals surface area contributed by atoms with Crippen LogP contribution in [0.4, 0.5) is 0 Å². The van der Waals surface area contributed by atoms with Crippen LogP contribution in [0, 0.1) is 0 Å². The monoisotopic (exact) mass is 377 g/mol. The number of rotatable bonds is 6. The zero-order valence-corrected chi connectivity index (χ0v) is 16.9. The number of aromatic nitrogens is 2. The zero-order chi connectivity index (χ0) is 20.1. The molecule has 0 fully saturated rings. The van der Waals surface area contributed by atoms with Crippen molar-refractivity contribution < 1.29 is 9.53 Å². The summed E-state index contributed by atoms with van der Waals surface area (Å²) in [5, 5.41) is 4.37. The lowest BCUT2D eigenvalue weighted by Gasteiger charge is -2.19. The SMILES string of the molecule is CN(Cc1cnn(-c2ccccc2)c1)C(=O)COc1ccc(C(C)(C)C)cc1. The quantitative estimate of drug-likeness (QED) is 0.647. The first kappa shape index (κ1) is 19.7. The molecule has 0 aliphatic rings. The molecule has 2 aromatic carbocycles. The molecule has 1 amide bonds. The summed E-state index contributed by atoms with van der Waals surface area (Å²) in [4.78, 5) is 14.0. The van der Waals surface area contributed by atoms with Crippen LogP contribution in [0.15, 0.2) is 67.0 Å². The predicted octanol–water partition coefficient (Wildman–Crippen LogP) is 4.21. The van der Waals surface area contributed by atoms with Gasteiger partial charge < -0.3 is 9.64 Å². The van der Waals surface area contributed by atoms with Gasteiger partial charge in [-0.25, -0.2) is 4.68 Å². The fraction of sp³-hybridized carbons (Fsp3) is 0.304. The topological polar surface area (TPSA) is 47.4 Å². The van der Waals surface area contributed by atoms with Crippen LogP contribution >= 0.6 is 0 Å². The molecule has 0 bridgehead atoms. The second-order valence-corrected chi connectivity index (χ2v) is 7.94. The first-order valence-electron chi connectivity index (χ1n) is 9.39. The molecule has 0 atom stereocenters. The lowest BCUT2D eigenvalue weighted by atomic mass is 9.87. The van der Waals surface area contributed by atoms with E-state index in [1.165, 1.54) is 5.56 Å². The first-order valence-corrected chi connectivity index (χ1v) is 9.39. The Labute approximate surface area is 166 Å². The lowest BCUT2D eigenvalue weighted by molar-refractivity contribution is -0.132. The molecule has 1 heterocycles. The van der Waals surface area contributed by atoms with Crippen molar-refractivity contribution in [3.8, 4) is 11.4 Å². The molecule has 0 aliphatic heterocycles. The molecule has 28 heavy (non-hydrogen) atoms. The van der Waals surface area contributed by atoms with Crippen LogP contribution in [0.2, 0.25) is 0 Å². The van der Waals surface area contributed by atoms with E-state index in [2.05, 4.69) is 25.9 Å². The molecule has 5 heteroatoms. The van der Waals surface area contributed by atoms with Crippen molar-refractivity contribution in [2.24, 2.45) is 0 Å². The smallest absolute Gasteiger partial charge is 0.260 e. The highest BCUT2D eigenvalue weighted by molar-refractivity contribution is 5.77. The molecule has 0 saturated heterocycles. The van der Waals surface area contributed by atoms with Crippen molar-refractivity contribution >= 4 is 5.91 Å². The molecule has 0 unspecified atom stereocenters. The molecule has 3 rings (SSSR count). The number of para-hydroxylation sites is 1. The van der Waals surface area contributed by atoms with Gasteiger partial charge in [-0.2, -0.15) is 5.10 Å². The molecule has 0 spiro atoms. The van der Waals surface area contributed by atoms with Crippen molar-refractivity contribution in [2.45, 2.75) is 32.7 Å². The molecule has 0 radical (unpaired) electrons. The van der Waals surface area contributed by atoms with Crippen molar-refractivity contribution in [2.75, 3.05) is 13.7 Å². The number of hydrogen-bond acceptors (Lipinski definition) is 3. The summed E-state index contributed by atoms with van der Waals surface area (Å²) in [5.41, 5.74) is 3.29. The summed E-state index contributed by atoms with van der Waals surface area (Å²) >= 11 is 0. The van der Waals surface area contributed by atoms with E-state index in [9.17, 15) is 4.79 Å². The van der Waals surface area contributed by atoms with Gasteiger partial charge in [-0.3, -0.25) is 4.79 Å². The van der Waals surface area contributed by atoms with E-state index in [4.69, 9.17) is 4.74 Å². The number of nitrogens with zero attached hydrogens (tertiary/aromatic N) is 3. The normalized spacial score (nSPS) is 11.3. The minimum Gasteiger partial charge on any atom is -0.484 e. The average Bonchev–Trinajstić information content (AvgIpc) is 3.15. The minimum absolute atomic E-state index is 0.0121. The van der Waals surface area contributed by atoms with Crippen LogP contribution in [0.3, 0.4) is 0 Å². The Morgan fingerprint density at radius 1 is 1.07 bits per heavy atom. The summed E-state index contributed by atoms with van der Waals surface area (Å²) in [6.45, 7) is 7.00. The first-order chi connectivity index (χ1) is 13.3. The highest BCUT2D eigenvalue weighted by atomic mass is 16.5. The van der Waals surface area contributed by atoms with E-state index in [1.807, 2.05) is 60.8 Å². The summed E-state index contributed by atoms with van der Waals surface area (Å²) in [7, 11) is 1.77. The van der Waals surface area contributed by atoms with Crippen LogP contribution in [-0.2, 0) is 16.8 Å². The molecule has 5 nitrogen and oxygen atoms in total. The second-order valence-electron chi connectivity index (χ2n) is 7.94. The van der Waals surface area contributed by atoms with Crippen molar-refractivity contribution in [1.29, 1.82) is 0 Å². The minimum atomic E-state index is -0.0765. The van der Waals surface area contributed by atoms with E-state index in [1.54, 1.807) is 22.8 Å². The van der Waals surface area contributed by atoms with Crippen LogP contribution in [0.5, 0.6) is 5.75 Å². The lowest BCUT2D eigenvalue weighted by Crippen LogP contribution is -2.30. The summed E-state index contributed by atoms with van der Waals surface area (Å²) in [6.07, 6.45) is 3.72. The van der Waals surface area contributed by atoms with E-state index >= 15 is 0 Å². The predicted molar refractivity (Wildman–Crippen MR) is 111 cm³/mol. The fourth-order valence-corrected chi connectivity index (χ4v) is 2.83. The Hall–Kier alpha value is -3.08. The average molecular weight is 377 g/mol. The Morgan fingerprint density at radius 2 is 1.75 bits per heavy atom. The second kappa shape index (κ2) is 8.30. The maximum Gasteiger partial charge on any atom is 0.260 e. The van der Waals surface area contributed by atoms with Gasteiger partial charge in [0.15, 0.2) is 6.61 Å². The third-order valence-electron chi connectivity index (χ3n) is 4.58. The van der Waals surface area contributed by atoms with E-state index in [-0.39, 0.29) is 17.9 Å². The Bertz CT molecular complexity index is 909. The molecule has 0 N–H and O–H groups in total. The van der Waals surface area contributed by atoms with Gasteiger partial charge in [0.1, 0.15) is 5.75 Å². The van der Waals surface area contributed by atoms with E-state index in [0.29, 0.717) is 12.3 Å². The van der Waals surface area contributed by atoms with Gasteiger partial charge in [0.25, 0.3) is 5.91 Å². The molecule has 1 aromatic heterocycles. The Morgan fingerprint density at radius 3 is 2.39 bits per heavy atom. The highest BCUT2D eigenvalue weighted by Gasteiger charge is 2.14. The van der Waals surface area contributed by atoms with E-state index in [0.717, 1.165) is 11.3 Å². The van der Waals surface area contributed by atoms with Crippen LogP contribution in [-0.4, -0.2) is 34.2 Å². The zero-order valence-electron chi connectivity index (χ0n) is 16.9. The number of amides is 1. The van der Waals surface area contributed by atoms with Gasteiger partial charge in [-0.15, -0.1) is 0 Å². The Balaban J connectivity index is 1.53. The third kappa shape index (κ3) is 5.00. The largest absolute Gasteiger partial charge is 0.484 e. The van der Waals surface area contributed by atoms with Gasteiger partial charge >= 0.3 is 0 Å². The van der Waals surface area contributed by atoms with Gasteiger partial charge in [0.05, 0.1) is 11.9 Å². The molecular weight excluding hydrogens is 350 g/mol. The number of ether oxygens (including phenoxy) is 1. The molecule has 0 saturated carbocycles. The van der Waals surface area contributed by atoms with Crippen LogP contribution in [0.25, 0.3) is 5.69 Å². The molecule has 0 aliphatic carbocycles. The van der Waals surface area contributed by atoms with Gasteiger partial charge in [0, 0.05) is 25.4 Å². The highest BCUT2D eigenvalue weighted by Crippen LogP contribution is 2.24. The van der Waals surface area contributed by atoms with Crippen molar-refractivity contribution in [3.05, 3.63) is 78.1 Å².